The molecule has 0 amide bonds. The minimum atomic E-state index is -3.60. The van der Waals surface area contributed by atoms with Crippen molar-refractivity contribution in [1.29, 1.82) is 0 Å². The summed E-state index contributed by atoms with van der Waals surface area (Å²) in [7, 11) is -3.60. The quantitative estimate of drug-likeness (QED) is 0.850. The van der Waals surface area contributed by atoms with Crippen LogP contribution in [0.4, 0.5) is 4.39 Å². The van der Waals surface area contributed by atoms with E-state index in [-0.39, 0.29) is 22.1 Å². The molecule has 1 aliphatic rings. The second kappa shape index (κ2) is 4.36. The molecule has 0 spiro atoms. The Morgan fingerprint density at radius 3 is 2.65 bits per heavy atom. The molecule has 1 aliphatic carbocycles. The predicted molar refractivity (Wildman–Crippen MR) is 60.4 cm³/mol. The maximum absolute atomic E-state index is 13.5. The van der Waals surface area contributed by atoms with Crippen LogP contribution in [0.3, 0.4) is 0 Å². The van der Waals surface area contributed by atoms with E-state index in [2.05, 4.69) is 4.72 Å². The zero-order chi connectivity index (χ0) is 12.6. The molecule has 0 aliphatic heterocycles. The summed E-state index contributed by atoms with van der Waals surface area (Å²) in [5.74, 6) is -0.558. The fraction of sp³-hybridized carbons (Fsp3) is 0.455. The maximum atomic E-state index is 13.5. The van der Waals surface area contributed by atoms with Crippen molar-refractivity contribution in [1.82, 2.24) is 4.72 Å². The third-order valence-electron chi connectivity index (χ3n) is 2.68. The van der Waals surface area contributed by atoms with E-state index < -0.39 is 22.4 Å². The van der Waals surface area contributed by atoms with Crippen molar-refractivity contribution >= 4 is 10.0 Å². The lowest BCUT2D eigenvalue weighted by Crippen LogP contribution is -2.26. The summed E-state index contributed by atoms with van der Waals surface area (Å²) in [5, 5.41) is 8.97. The van der Waals surface area contributed by atoms with Crippen molar-refractivity contribution < 1.29 is 17.9 Å². The van der Waals surface area contributed by atoms with E-state index in [1.165, 1.54) is 19.1 Å². The van der Waals surface area contributed by atoms with Gasteiger partial charge in [-0.25, -0.2) is 17.5 Å². The van der Waals surface area contributed by atoms with E-state index in [0.717, 1.165) is 12.8 Å². The first kappa shape index (κ1) is 12.5. The minimum absolute atomic E-state index is 0.00109. The Hall–Kier alpha value is -0.980. The van der Waals surface area contributed by atoms with Crippen LogP contribution in [0.25, 0.3) is 0 Å². The van der Waals surface area contributed by atoms with E-state index in [4.69, 9.17) is 5.11 Å². The number of aliphatic hydroxyl groups is 1. The first-order valence-corrected chi connectivity index (χ1v) is 6.84. The van der Waals surface area contributed by atoms with Gasteiger partial charge in [-0.3, -0.25) is 0 Å². The van der Waals surface area contributed by atoms with Gasteiger partial charge in [0.1, 0.15) is 5.82 Å². The number of hydrogen-bond donors (Lipinski definition) is 2. The molecule has 0 aromatic heterocycles. The molecule has 1 fully saturated rings. The molecule has 0 unspecified atom stereocenters. The van der Waals surface area contributed by atoms with Gasteiger partial charge in [0.15, 0.2) is 0 Å². The summed E-state index contributed by atoms with van der Waals surface area (Å²) in [5.41, 5.74) is 0.217. The zero-order valence-corrected chi connectivity index (χ0v) is 10.2. The molecule has 2 rings (SSSR count). The molecule has 0 saturated heterocycles. The number of aryl methyl sites for hydroxylation is 1. The van der Waals surface area contributed by atoms with E-state index in [9.17, 15) is 12.8 Å². The van der Waals surface area contributed by atoms with Crippen LogP contribution >= 0.6 is 0 Å². The van der Waals surface area contributed by atoms with Crippen molar-refractivity contribution in [3.8, 4) is 0 Å². The highest BCUT2D eigenvalue weighted by Crippen LogP contribution is 2.24. The number of rotatable bonds is 4. The van der Waals surface area contributed by atoms with Gasteiger partial charge in [0.2, 0.25) is 10.0 Å². The number of aliphatic hydroxyl groups excluding tert-OH is 1. The van der Waals surface area contributed by atoms with Gasteiger partial charge in [0.25, 0.3) is 0 Å². The van der Waals surface area contributed by atoms with Gasteiger partial charge < -0.3 is 5.11 Å². The summed E-state index contributed by atoms with van der Waals surface area (Å²) >= 11 is 0. The largest absolute Gasteiger partial charge is 0.392 e. The molecule has 2 N–H and O–H groups in total. The Morgan fingerprint density at radius 2 is 2.12 bits per heavy atom. The topological polar surface area (TPSA) is 66.4 Å². The van der Waals surface area contributed by atoms with Crippen molar-refractivity contribution in [2.24, 2.45) is 0 Å². The Kier molecular flexibility index (Phi) is 3.20. The monoisotopic (exact) mass is 259 g/mol. The van der Waals surface area contributed by atoms with Crippen molar-refractivity contribution in [3.63, 3.8) is 0 Å². The highest BCUT2D eigenvalue weighted by molar-refractivity contribution is 7.89. The van der Waals surface area contributed by atoms with Crippen molar-refractivity contribution in [3.05, 3.63) is 29.1 Å². The number of benzene rings is 1. The molecule has 6 heteroatoms. The van der Waals surface area contributed by atoms with Gasteiger partial charge in [-0.1, -0.05) is 0 Å². The molecule has 1 saturated carbocycles. The summed E-state index contributed by atoms with van der Waals surface area (Å²) in [6.07, 6.45) is 1.68. The van der Waals surface area contributed by atoms with E-state index in [1.807, 2.05) is 0 Å². The number of hydrogen-bond acceptors (Lipinski definition) is 3. The fourth-order valence-electron chi connectivity index (χ4n) is 1.57. The summed E-state index contributed by atoms with van der Waals surface area (Å²) in [6.45, 7) is 0.962. The Bertz CT molecular complexity index is 538. The second-order valence-electron chi connectivity index (χ2n) is 4.27. The summed E-state index contributed by atoms with van der Waals surface area (Å²) in [4.78, 5) is 0.00681. The highest BCUT2D eigenvalue weighted by Gasteiger charge is 2.28. The Labute approximate surface area is 99.5 Å². The third-order valence-corrected chi connectivity index (χ3v) is 4.18. The molecule has 0 atom stereocenters. The van der Waals surface area contributed by atoms with Crippen LogP contribution in [-0.2, 0) is 16.6 Å². The lowest BCUT2D eigenvalue weighted by molar-refractivity contribution is 0.275. The molecule has 94 valence electrons. The van der Waals surface area contributed by atoms with E-state index in [0.29, 0.717) is 0 Å². The van der Waals surface area contributed by atoms with Gasteiger partial charge >= 0.3 is 0 Å². The van der Waals surface area contributed by atoms with Gasteiger partial charge in [0.05, 0.1) is 11.5 Å². The Balaban J connectivity index is 2.41. The molecule has 17 heavy (non-hydrogen) atoms. The van der Waals surface area contributed by atoms with Crippen LogP contribution in [0, 0.1) is 12.7 Å². The van der Waals surface area contributed by atoms with Gasteiger partial charge in [-0.15, -0.1) is 0 Å². The lowest BCUT2D eigenvalue weighted by Gasteiger charge is -2.09. The fourth-order valence-corrected chi connectivity index (χ4v) is 3.01. The molecule has 1 aromatic rings. The normalized spacial score (nSPS) is 16.2. The van der Waals surface area contributed by atoms with Crippen molar-refractivity contribution in [2.75, 3.05) is 0 Å². The minimum Gasteiger partial charge on any atom is -0.392 e. The molecule has 1 aromatic carbocycles. The van der Waals surface area contributed by atoms with Crippen LogP contribution in [0.1, 0.15) is 24.0 Å². The second-order valence-corrected chi connectivity index (χ2v) is 5.98. The first-order valence-electron chi connectivity index (χ1n) is 5.36. The average molecular weight is 259 g/mol. The van der Waals surface area contributed by atoms with Gasteiger partial charge in [-0.2, -0.15) is 0 Å². The zero-order valence-electron chi connectivity index (χ0n) is 9.40. The molecule has 0 bridgehead atoms. The first-order chi connectivity index (χ1) is 7.94. The summed E-state index contributed by atoms with van der Waals surface area (Å²) in [6, 6.07) is 2.45. The molecular weight excluding hydrogens is 245 g/mol. The van der Waals surface area contributed by atoms with Crippen LogP contribution in [0.2, 0.25) is 0 Å². The molecule has 4 nitrogen and oxygen atoms in total. The number of halogens is 1. The van der Waals surface area contributed by atoms with Gasteiger partial charge in [0, 0.05) is 11.6 Å². The van der Waals surface area contributed by atoms with Crippen LogP contribution < -0.4 is 4.72 Å². The predicted octanol–water partition coefficient (Wildman–Crippen LogP) is 1.07. The molecular formula is C11H14FNO3S. The van der Waals surface area contributed by atoms with Crippen LogP contribution in [0.15, 0.2) is 17.0 Å². The smallest absolute Gasteiger partial charge is 0.240 e. The number of nitrogens with one attached hydrogen (secondary N) is 1. The van der Waals surface area contributed by atoms with E-state index >= 15 is 0 Å². The summed E-state index contributed by atoms with van der Waals surface area (Å²) < 4.78 is 39.8. The molecule has 0 radical (unpaired) electrons. The SMILES string of the molecule is Cc1cc(S(=O)(=O)NC2CC2)cc(CO)c1F. The lowest BCUT2D eigenvalue weighted by atomic mass is 10.1. The third kappa shape index (κ3) is 2.65. The van der Waals surface area contributed by atoms with E-state index in [1.54, 1.807) is 0 Å². The highest BCUT2D eigenvalue weighted by atomic mass is 32.2. The van der Waals surface area contributed by atoms with Gasteiger partial charge in [-0.05, 0) is 37.5 Å². The number of sulfonamides is 1. The van der Waals surface area contributed by atoms with Crippen LogP contribution in [-0.4, -0.2) is 19.6 Å². The van der Waals surface area contributed by atoms with Crippen LogP contribution in [0.5, 0.6) is 0 Å². The maximum Gasteiger partial charge on any atom is 0.240 e. The standard InChI is InChI=1S/C11H14FNO3S/c1-7-4-10(5-8(6-14)11(7)12)17(15,16)13-9-2-3-9/h4-5,9,13-14H,2-3,6H2,1H3. The molecule has 0 heterocycles. The van der Waals surface area contributed by atoms with Crippen molar-refractivity contribution in [2.45, 2.75) is 37.3 Å². The Morgan fingerprint density at radius 1 is 1.47 bits per heavy atom. The average Bonchev–Trinajstić information content (AvgIpc) is 3.04.